The molecule has 1 aliphatic heterocycles. The van der Waals surface area contributed by atoms with Crippen LogP contribution in [0.2, 0.25) is 0 Å². The summed E-state index contributed by atoms with van der Waals surface area (Å²) in [5, 5.41) is 8.75. The van der Waals surface area contributed by atoms with Gasteiger partial charge >= 0.3 is 0 Å². The Morgan fingerprint density at radius 3 is 2.86 bits per heavy atom. The maximum Gasteiger partial charge on any atom is 0.232 e. The molecule has 22 heavy (non-hydrogen) atoms. The van der Waals surface area contributed by atoms with Gasteiger partial charge in [0.15, 0.2) is 0 Å². The molecule has 1 aromatic carbocycles. The van der Waals surface area contributed by atoms with E-state index in [1.807, 2.05) is 0 Å². The highest BCUT2D eigenvalue weighted by atomic mass is 19.1. The van der Waals surface area contributed by atoms with Gasteiger partial charge in [-0.2, -0.15) is 10.1 Å². The Labute approximate surface area is 125 Å². The zero-order valence-electron chi connectivity index (χ0n) is 11.6. The monoisotopic (exact) mass is 303 g/mol. The van der Waals surface area contributed by atoms with Gasteiger partial charge in [-0.05, 0) is 17.7 Å². The van der Waals surface area contributed by atoms with E-state index in [0.717, 1.165) is 5.56 Å². The molecule has 3 rings (SSSR count). The normalized spacial score (nSPS) is 17.8. The van der Waals surface area contributed by atoms with Crippen LogP contribution < -0.4 is 5.32 Å². The van der Waals surface area contributed by atoms with Gasteiger partial charge in [-0.15, -0.1) is 0 Å². The molecule has 0 radical (unpaired) electrons. The number of nitrogens with one attached hydrogen (secondary N) is 2. The SMILES string of the molecule is O=C(Nc1ncn[nH]1)[C@H]1CC(=O)N(Cc2ccc(F)cc2)C1. The van der Waals surface area contributed by atoms with Crippen molar-refractivity contribution in [2.24, 2.45) is 5.92 Å². The van der Waals surface area contributed by atoms with Crippen LogP contribution in [-0.4, -0.2) is 38.4 Å². The van der Waals surface area contributed by atoms with Gasteiger partial charge in [0.1, 0.15) is 12.1 Å². The zero-order valence-corrected chi connectivity index (χ0v) is 11.6. The first kappa shape index (κ1) is 14.2. The number of amides is 2. The molecule has 0 bridgehead atoms. The molecule has 0 saturated carbocycles. The molecular weight excluding hydrogens is 289 g/mol. The number of carbonyl (C=O) groups excluding carboxylic acids is 2. The average Bonchev–Trinajstić information content (AvgIpc) is 3.12. The van der Waals surface area contributed by atoms with Crippen LogP contribution in [0.4, 0.5) is 10.3 Å². The predicted octanol–water partition coefficient (Wildman–Crippen LogP) is 0.931. The van der Waals surface area contributed by atoms with Crippen LogP contribution >= 0.6 is 0 Å². The van der Waals surface area contributed by atoms with E-state index in [9.17, 15) is 14.0 Å². The lowest BCUT2D eigenvalue weighted by molar-refractivity contribution is -0.128. The van der Waals surface area contributed by atoms with Gasteiger partial charge in [-0.25, -0.2) is 9.49 Å². The number of H-pyrrole nitrogens is 1. The Kier molecular flexibility index (Phi) is 3.82. The quantitative estimate of drug-likeness (QED) is 0.879. The van der Waals surface area contributed by atoms with Crippen LogP contribution in [0.1, 0.15) is 12.0 Å². The van der Waals surface area contributed by atoms with Crippen molar-refractivity contribution in [2.75, 3.05) is 11.9 Å². The molecule has 0 aliphatic carbocycles. The number of halogens is 1. The second-order valence-corrected chi connectivity index (χ2v) is 5.13. The van der Waals surface area contributed by atoms with Crippen LogP contribution in [-0.2, 0) is 16.1 Å². The number of hydrogen-bond donors (Lipinski definition) is 2. The van der Waals surface area contributed by atoms with Crippen molar-refractivity contribution in [1.29, 1.82) is 0 Å². The summed E-state index contributed by atoms with van der Waals surface area (Å²) < 4.78 is 12.9. The van der Waals surface area contributed by atoms with Crippen molar-refractivity contribution in [3.63, 3.8) is 0 Å². The fraction of sp³-hybridized carbons (Fsp3) is 0.286. The fourth-order valence-electron chi connectivity index (χ4n) is 2.40. The molecule has 0 unspecified atom stereocenters. The number of carbonyl (C=O) groups is 2. The van der Waals surface area contributed by atoms with Gasteiger partial charge in [0.25, 0.3) is 0 Å². The predicted molar refractivity (Wildman–Crippen MR) is 74.9 cm³/mol. The minimum atomic E-state index is -0.432. The molecule has 2 N–H and O–H groups in total. The lowest BCUT2D eigenvalue weighted by Gasteiger charge is -2.16. The molecule has 1 aliphatic rings. The molecule has 8 heteroatoms. The summed E-state index contributed by atoms with van der Waals surface area (Å²) in [6, 6.07) is 5.96. The maximum atomic E-state index is 12.9. The van der Waals surface area contributed by atoms with Crippen molar-refractivity contribution in [3.8, 4) is 0 Å². The van der Waals surface area contributed by atoms with E-state index in [-0.39, 0.29) is 30.0 Å². The molecular formula is C14H14FN5O2. The summed E-state index contributed by atoms with van der Waals surface area (Å²) in [7, 11) is 0. The number of benzene rings is 1. The number of aromatic amines is 1. The molecule has 114 valence electrons. The standard InChI is InChI=1S/C14H14FN5O2/c15-11-3-1-9(2-4-11)6-20-7-10(5-12(20)21)13(22)18-14-16-8-17-19-14/h1-4,8,10H,5-7H2,(H2,16,17,18,19,22)/t10-/m0/s1. The van der Waals surface area contributed by atoms with Crippen molar-refractivity contribution < 1.29 is 14.0 Å². The molecule has 2 aromatic rings. The van der Waals surface area contributed by atoms with E-state index in [1.54, 1.807) is 17.0 Å². The lowest BCUT2D eigenvalue weighted by atomic mass is 10.1. The second-order valence-electron chi connectivity index (χ2n) is 5.13. The van der Waals surface area contributed by atoms with Crippen molar-refractivity contribution in [3.05, 3.63) is 42.0 Å². The van der Waals surface area contributed by atoms with Gasteiger partial charge in [-0.3, -0.25) is 14.9 Å². The Hall–Kier alpha value is -2.77. The van der Waals surface area contributed by atoms with Crippen LogP contribution in [0.15, 0.2) is 30.6 Å². The van der Waals surface area contributed by atoms with E-state index in [1.165, 1.54) is 18.5 Å². The number of hydrogen-bond acceptors (Lipinski definition) is 4. The summed E-state index contributed by atoms with van der Waals surface area (Å²) in [6.45, 7) is 0.696. The summed E-state index contributed by atoms with van der Waals surface area (Å²) in [4.78, 5) is 29.5. The summed E-state index contributed by atoms with van der Waals surface area (Å²) >= 11 is 0. The van der Waals surface area contributed by atoms with Crippen LogP contribution in [0.5, 0.6) is 0 Å². The largest absolute Gasteiger partial charge is 0.338 e. The van der Waals surface area contributed by atoms with Crippen LogP contribution in [0, 0.1) is 11.7 Å². The number of anilines is 1. The number of likely N-dealkylation sites (tertiary alicyclic amines) is 1. The first-order valence-corrected chi connectivity index (χ1v) is 6.80. The maximum absolute atomic E-state index is 12.9. The number of nitrogens with zero attached hydrogens (tertiary/aromatic N) is 3. The van der Waals surface area contributed by atoms with Gasteiger partial charge in [0.2, 0.25) is 17.8 Å². The minimum absolute atomic E-state index is 0.0953. The Morgan fingerprint density at radius 2 is 2.18 bits per heavy atom. The van der Waals surface area contributed by atoms with E-state index >= 15 is 0 Å². The van der Waals surface area contributed by atoms with Crippen LogP contribution in [0.25, 0.3) is 0 Å². The third kappa shape index (κ3) is 3.11. The van der Waals surface area contributed by atoms with E-state index in [2.05, 4.69) is 20.5 Å². The Balaban J connectivity index is 1.60. The molecule has 1 aromatic heterocycles. The highest BCUT2D eigenvalue weighted by Gasteiger charge is 2.34. The third-order valence-corrected chi connectivity index (χ3v) is 3.53. The highest BCUT2D eigenvalue weighted by molar-refractivity contribution is 5.96. The molecule has 2 amide bonds. The first-order valence-electron chi connectivity index (χ1n) is 6.80. The highest BCUT2D eigenvalue weighted by Crippen LogP contribution is 2.21. The van der Waals surface area contributed by atoms with E-state index in [0.29, 0.717) is 13.1 Å². The smallest absolute Gasteiger partial charge is 0.232 e. The van der Waals surface area contributed by atoms with Gasteiger partial charge in [0.05, 0.1) is 5.92 Å². The topological polar surface area (TPSA) is 91.0 Å². The summed E-state index contributed by atoms with van der Waals surface area (Å²) in [5.41, 5.74) is 0.825. The lowest BCUT2D eigenvalue weighted by Crippen LogP contribution is -2.28. The molecule has 1 atom stereocenters. The van der Waals surface area contributed by atoms with Crippen molar-refractivity contribution >= 4 is 17.8 Å². The second kappa shape index (κ2) is 5.92. The molecule has 0 spiro atoms. The Bertz CT molecular complexity index is 671. The summed E-state index contributed by atoms with van der Waals surface area (Å²) in [5.74, 6) is -0.859. The molecule has 7 nitrogen and oxygen atoms in total. The molecule has 1 fully saturated rings. The fourth-order valence-corrected chi connectivity index (χ4v) is 2.40. The third-order valence-electron chi connectivity index (χ3n) is 3.53. The van der Waals surface area contributed by atoms with Crippen LogP contribution in [0.3, 0.4) is 0 Å². The van der Waals surface area contributed by atoms with E-state index < -0.39 is 5.92 Å². The number of rotatable bonds is 4. The van der Waals surface area contributed by atoms with Crippen molar-refractivity contribution in [1.82, 2.24) is 20.1 Å². The summed E-state index contributed by atoms with van der Waals surface area (Å²) in [6.07, 6.45) is 1.44. The average molecular weight is 303 g/mol. The minimum Gasteiger partial charge on any atom is -0.338 e. The first-order chi connectivity index (χ1) is 10.6. The van der Waals surface area contributed by atoms with Crippen molar-refractivity contribution in [2.45, 2.75) is 13.0 Å². The van der Waals surface area contributed by atoms with Gasteiger partial charge < -0.3 is 4.90 Å². The Morgan fingerprint density at radius 1 is 1.41 bits per heavy atom. The van der Waals surface area contributed by atoms with Gasteiger partial charge in [0, 0.05) is 19.5 Å². The number of aromatic nitrogens is 3. The molecule has 2 heterocycles. The molecule has 1 saturated heterocycles. The zero-order chi connectivity index (χ0) is 15.5. The van der Waals surface area contributed by atoms with E-state index in [4.69, 9.17) is 0 Å². The van der Waals surface area contributed by atoms with Gasteiger partial charge in [-0.1, -0.05) is 12.1 Å².